The minimum atomic E-state index is -0.374. The summed E-state index contributed by atoms with van der Waals surface area (Å²) in [6, 6.07) is 4.59. The number of nitrogens with two attached hydrogens (primary N) is 1. The molecule has 0 aliphatic carbocycles. The fourth-order valence-electron chi connectivity index (χ4n) is 1.13. The van der Waals surface area contributed by atoms with Gasteiger partial charge in [0.15, 0.2) is 11.6 Å². The van der Waals surface area contributed by atoms with Gasteiger partial charge in [0.2, 0.25) is 0 Å². The van der Waals surface area contributed by atoms with Gasteiger partial charge in [0, 0.05) is 9.89 Å². The molecule has 0 aliphatic heterocycles. The zero-order chi connectivity index (χ0) is 13.1. The Bertz CT molecular complexity index is 423. The maximum absolute atomic E-state index is 13.4. The minimum absolute atomic E-state index is 0.234. The largest absolute Gasteiger partial charge is 0.490 e. The average Bonchev–Trinajstić information content (AvgIpc) is 2.22. The van der Waals surface area contributed by atoms with Crippen molar-refractivity contribution in [1.29, 1.82) is 0 Å². The van der Waals surface area contributed by atoms with Crippen molar-refractivity contribution in [2.75, 3.05) is 6.61 Å². The fourth-order valence-corrected chi connectivity index (χ4v) is 1.57. The second kappa shape index (κ2) is 5.78. The average molecular weight is 320 g/mol. The molecule has 0 unspecified atom stereocenters. The van der Waals surface area contributed by atoms with Crippen molar-refractivity contribution in [3.63, 3.8) is 0 Å². The first-order chi connectivity index (χ1) is 7.83. The molecule has 0 heterocycles. The Morgan fingerprint density at radius 2 is 2.18 bits per heavy atom. The van der Waals surface area contributed by atoms with E-state index >= 15 is 0 Å². The van der Waals surface area contributed by atoms with Gasteiger partial charge in [-0.3, -0.25) is 0 Å². The lowest BCUT2D eigenvalue weighted by Crippen LogP contribution is -2.31. The molecule has 1 aromatic rings. The van der Waals surface area contributed by atoms with Gasteiger partial charge in [-0.25, -0.2) is 4.39 Å². The zero-order valence-corrected chi connectivity index (χ0v) is 12.2. The summed E-state index contributed by atoms with van der Waals surface area (Å²) in [6.45, 7) is 4.25. The first-order valence-corrected chi connectivity index (χ1v) is 6.41. The Morgan fingerprint density at radius 1 is 1.53 bits per heavy atom. The van der Waals surface area contributed by atoms with Gasteiger partial charge < -0.3 is 10.5 Å². The summed E-state index contributed by atoms with van der Waals surface area (Å²) in [5.41, 5.74) is 5.32. The molecular weight excluding hydrogens is 305 g/mol. The third-order valence-corrected chi connectivity index (χ3v) is 3.59. The lowest BCUT2D eigenvalue weighted by molar-refractivity contribution is 0.260. The first kappa shape index (κ1) is 14.4. The molecule has 0 saturated carbocycles. The van der Waals surface area contributed by atoms with E-state index in [1.165, 1.54) is 6.07 Å². The van der Waals surface area contributed by atoms with Gasteiger partial charge in [-0.1, -0.05) is 42.0 Å². The van der Waals surface area contributed by atoms with Crippen LogP contribution >= 0.6 is 28.1 Å². The number of hydrogen-bond donors (Lipinski definition) is 1. The van der Waals surface area contributed by atoms with Gasteiger partial charge in [-0.2, -0.15) is 0 Å². The molecule has 0 atom stereocenters. The molecule has 0 radical (unpaired) electrons. The quantitative estimate of drug-likeness (QED) is 0.841. The molecule has 0 fully saturated rings. The maximum atomic E-state index is 13.4. The highest BCUT2D eigenvalue weighted by Gasteiger charge is 2.21. The molecule has 0 aromatic heterocycles. The third-order valence-electron chi connectivity index (χ3n) is 2.54. The summed E-state index contributed by atoms with van der Waals surface area (Å²) in [5, 5.41) is 0. The second-order valence-electron chi connectivity index (χ2n) is 4.42. The van der Waals surface area contributed by atoms with Gasteiger partial charge in [0.1, 0.15) is 0 Å². The topological polar surface area (TPSA) is 35.2 Å². The van der Waals surface area contributed by atoms with Crippen LogP contribution in [0.25, 0.3) is 0 Å². The van der Waals surface area contributed by atoms with Crippen molar-refractivity contribution in [3.05, 3.63) is 28.5 Å². The van der Waals surface area contributed by atoms with Crippen LogP contribution in [0.1, 0.15) is 20.3 Å². The zero-order valence-electron chi connectivity index (χ0n) is 9.80. The van der Waals surface area contributed by atoms with E-state index in [1.807, 2.05) is 13.8 Å². The molecule has 0 saturated heterocycles. The Kier molecular flexibility index (Phi) is 4.89. The van der Waals surface area contributed by atoms with Gasteiger partial charge in [0.05, 0.1) is 11.6 Å². The number of ether oxygens (including phenoxy) is 1. The Hall–Kier alpha value is -0.680. The molecule has 0 aliphatic rings. The Morgan fingerprint density at radius 3 is 2.76 bits per heavy atom. The fraction of sp³-hybridized carbons (Fsp3) is 0.417. The second-order valence-corrected chi connectivity index (χ2v) is 5.78. The van der Waals surface area contributed by atoms with E-state index < -0.39 is 0 Å². The normalized spacial score (nSPS) is 11.3. The predicted molar refractivity (Wildman–Crippen MR) is 74.8 cm³/mol. The van der Waals surface area contributed by atoms with Crippen LogP contribution < -0.4 is 10.5 Å². The van der Waals surface area contributed by atoms with Crippen LogP contribution in [0.3, 0.4) is 0 Å². The molecule has 0 amide bonds. The highest BCUT2D eigenvalue weighted by Crippen LogP contribution is 2.25. The number of thiocarbonyl (C=S) groups is 1. The standard InChI is InChI=1S/C12H15BrFNOS/c1-12(2,11(15)17)5-6-16-10-7-8(13)3-4-9(10)14/h3-4,7H,5-6H2,1-2H3,(H2,15,17). The van der Waals surface area contributed by atoms with Gasteiger partial charge in [-0.15, -0.1) is 0 Å². The predicted octanol–water partition coefficient (Wildman–Crippen LogP) is 3.67. The van der Waals surface area contributed by atoms with Crippen molar-refractivity contribution in [3.8, 4) is 5.75 Å². The van der Waals surface area contributed by atoms with Crippen molar-refractivity contribution >= 4 is 33.1 Å². The smallest absolute Gasteiger partial charge is 0.165 e. The van der Waals surface area contributed by atoms with E-state index in [0.717, 1.165) is 4.47 Å². The molecular formula is C12H15BrFNOS. The number of hydrogen-bond acceptors (Lipinski definition) is 2. The van der Waals surface area contributed by atoms with Crippen LogP contribution in [0.15, 0.2) is 22.7 Å². The van der Waals surface area contributed by atoms with Crippen molar-refractivity contribution in [2.24, 2.45) is 11.1 Å². The van der Waals surface area contributed by atoms with E-state index in [0.29, 0.717) is 18.0 Å². The third kappa shape index (κ3) is 4.24. The SMILES string of the molecule is CC(C)(CCOc1cc(Br)ccc1F)C(N)=S. The molecule has 0 bridgehead atoms. The minimum Gasteiger partial charge on any atom is -0.490 e. The van der Waals surface area contributed by atoms with Gasteiger partial charge in [0.25, 0.3) is 0 Å². The molecule has 5 heteroatoms. The summed E-state index contributed by atoms with van der Waals surface area (Å²) in [6.07, 6.45) is 0.647. The summed E-state index contributed by atoms with van der Waals surface area (Å²) in [7, 11) is 0. The molecule has 0 spiro atoms. The summed E-state index contributed by atoms with van der Waals surface area (Å²) >= 11 is 8.21. The maximum Gasteiger partial charge on any atom is 0.165 e. The molecule has 17 heavy (non-hydrogen) atoms. The number of benzene rings is 1. The molecule has 1 rings (SSSR count). The first-order valence-electron chi connectivity index (χ1n) is 5.21. The van der Waals surface area contributed by atoms with E-state index in [1.54, 1.807) is 12.1 Å². The molecule has 1 aromatic carbocycles. The van der Waals surface area contributed by atoms with Gasteiger partial charge >= 0.3 is 0 Å². The molecule has 2 nitrogen and oxygen atoms in total. The summed E-state index contributed by atoms with van der Waals surface area (Å²) < 4.78 is 19.5. The summed E-state index contributed by atoms with van der Waals surface area (Å²) in [4.78, 5) is 0.441. The van der Waals surface area contributed by atoms with E-state index in [-0.39, 0.29) is 17.0 Å². The van der Waals surface area contributed by atoms with Crippen LogP contribution in [0.4, 0.5) is 4.39 Å². The van der Waals surface area contributed by atoms with Crippen LogP contribution in [0.2, 0.25) is 0 Å². The van der Waals surface area contributed by atoms with Crippen LogP contribution in [0.5, 0.6) is 5.75 Å². The Labute approximate surface area is 114 Å². The van der Waals surface area contributed by atoms with Crippen molar-refractivity contribution < 1.29 is 9.13 Å². The highest BCUT2D eigenvalue weighted by molar-refractivity contribution is 9.10. The van der Waals surface area contributed by atoms with E-state index in [2.05, 4.69) is 15.9 Å². The highest BCUT2D eigenvalue weighted by atomic mass is 79.9. The van der Waals surface area contributed by atoms with Crippen molar-refractivity contribution in [1.82, 2.24) is 0 Å². The molecule has 2 N–H and O–H groups in total. The van der Waals surface area contributed by atoms with Gasteiger partial charge in [-0.05, 0) is 24.6 Å². The van der Waals surface area contributed by atoms with Crippen LogP contribution in [0, 0.1) is 11.2 Å². The number of rotatable bonds is 5. The Balaban J connectivity index is 2.57. The number of halogens is 2. The monoisotopic (exact) mass is 319 g/mol. The van der Waals surface area contributed by atoms with Crippen LogP contribution in [-0.2, 0) is 0 Å². The van der Waals surface area contributed by atoms with Crippen LogP contribution in [-0.4, -0.2) is 11.6 Å². The van der Waals surface area contributed by atoms with E-state index in [4.69, 9.17) is 22.7 Å². The van der Waals surface area contributed by atoms with Crippen molar-refractivity contribution in [2.45, 2.75) is 20.3 Å². The molecule has 94 valence electrons. The van der Waals surface area contributed by atoms with E-state index in [9.17, 15) is 4.39 Å². The lowest BCUT2D eigenvalue weighted by Gasteiger charge is -2.22. The summed E-state index contributed by atoms with van der Waals surface area (Å²) in [5.74, 6) is -0.139. The lowest BCUT2D eigenvalue weighted by atomic mass is 9.90.